The molecule has 0 aliphatic heterocycles. The summed E-state index contributed by atoms with van der Waals surface area (Å²) in [6, 6.07) is 10.9. The molecule has 3 rings (SSSR count). The van der Waals surface area contributed by atoms with Crippen LogP contribution in [0, 0.1) is 0 Å². The number of nitrogens with zero attached hydrogens (tertiary/aromatic N) is 4. The number of aromatic nitrogens is 3. The summed E-state index contributed by atoms with van der Waals surface area (Å²) in [4.78, 5) is 35.6. The largest absolute Gasteiger partial charge is 0.344 e. The third-order valence-corrected chi connectivity index (χ3v) is 4.16. The Hall–Kier alpha value is -3.22. The number of hydrogen-bond acceptors (Lipinski definition) is 4. The number of imidazole rings is 1. The summed E-state index contributed by atoms with van der Waals surface area (Å²) >= 11 is 0. The zero-order chi connectivity index (χ0) is 18.5. The topological polar surface area (TPSA) is 79.6 Å². The predicted molar refractivity (Wildman–Crippen MR) is 97.9 cm³/mol. The van der Waals surface area contributed by atoms with Gasteiger partial charge in [-0.2, -0.15) is 0 Å². The highest BCUT2D eigenvalue weighted by molar-refractivity contribution is 6.02. The molecule has 0 bridgehead atoms. The van der Waals surface area contributed by atoms with Gasteiger partial charge >= 0.3 is 0 Å². The summed E-state index contributed by atoms with van der Waals surface area (Å²) in [7, 11) is 0. The van der Waals surface area contributed by atoms with E-state index in [4.69, 9.17) is 0 Å². The molecule has 0 aliphatic carbocycles. The van der Waals surface area contributed by atoms with E-state index >= 15 is 0 Å². The van der Waals surface area contributed by atoms with Crippen molar-refractivity contribution in [3.8, 4) is 0 Å². The van der Waals surface area contributed by atoms with Crippen molar-refractivity contribution in [3.05, 3.63) is 66.0 Å². The molecule has 7 nitrogen and oxygen atoms in total. The second-order valence-corrected chi connectivity index (χ2v) is 5.72. The Morgan fingerprint density at radius 2 is 1.88 bits per heavy atom. The zero-order valence-electron chi connectivity index (χ0n) is 14.8. The number of fused-ring (bicyclic) bond motifs is 1. The first kappa shape index (κ1) is 17.6. The maximum absolute atomic E-state index is 12.7. The molecule has 0 unspecified atom stereocenters. The second-order valence-electron chi connectivity index (χ2n) is 5.72. The first-order chi connectivity index (χ1) is 12.7. The number of carbonyl (C=O) groups is 2. The van der Waals surface area contributed by atoms with Crippen LogP contribution in [-0.2, 0) is 6.54 Å². The number of carbonyl (C=O) groups excluding carboxylic acids is 2. The van der Waals surface area contributed by atoms with Crippen molar-refractivity contribution in [3.63, 3.8) is 0 Å². The van der Waals surface area contributed by atoms with Crippen LogP contribution in [0.2, 0.25) is 0 Å². The maximum Gasteiger partial charge on any atom is 0.288 e. The zero-order valence-corrected chi connectivity index (χ0v) is 14.8. The van der Waals surface area contributed by atoms with E-state index in [1.807, 2.05) is 38.1 Å². The van der Waals surface area contributed by atoms with Gasteiger partial charge in [0.05, 0.1) is 17.8 Å². The Kier molecular flexibility index (Phi) is 5.26. The minimum atomic E-state index is -0.351. The lowest BCUT2D eigenvalue weighted by molar-refractivity contribution is 0.0769. The molecule has 0 atom stereocenters. The van der Waals surface area contributed by atoms with E-state index in [1.165, 1.54) is 0 Å². The minimum absolute atomic E-state index is 0.178. The lowest BCUT2D eigenvalue weighted by Crippen LogP contribution is -2.31. The van der Waals surface area contributed by atoms with Crippen molar-refractivity contribution in [1.82, 2.24) is 24.6 Å². The number of hydrogen-bond donors (Lipinski definition) is 1. The van der Waals surface area contributed by atoms with Crippen LogP contribution in [-0.4, -0.2) is 44.2 Å². The molecule has 134 valence electrons. The third-order valence-electron chi connectivity index (χ3n) is 4.16. The highest BCUT2D eigenvalue weighted by Gasteiger charge is 2.23. The Morgan fingerprint density at radius 1 is 1.12 bits per heavy atom. The Morgan fingerprint density at radius 3 is 2.58 bits per heavy atom. The molecule has 3 aromatic heterocycles. The van der Waals surface area contributed by atoms with E-state index in [2.05, 4.69) is 15.3 Å². The van der Waals surface area contributed by atoms with Crippen LogP contribution in [0.5, 0.6) is 0 Å². The monoisotopic (exact) mass is 351 g/mol. The standard InChI is InChI=1S/C19H21N5O2/c1-3-23(4-2)19(26)16-15-10-6-8-12-24(15)17(22-16)18(25)21-13-14-9-5-7-11-20-14/h5-12H,3-4,13H2,1-2H3,(H,21,25). The fourth-order valence-corrected chi connectivity index (χ4v) is 2.77. The molecule has 3 heterocycles. The molecule has 7 heteroatoms. The number of rotatable bonds is 6. The van der Waals surface area contributed by atoms with Crippen molar-refractivity contribution < 1.29 is 9.59 Å². The van der Waals surface area contributed by atoms with Crippen molar-refractivity contribution in [2.45, 2.75) is 20.4 Å². The van der Waals surface area contributed by atoms with Crippen LogP contribution in [0.3, 0.4) is 0 Å². The summed E-state index contributed by atoms with van der Waals surface area (Å²) in [5.74, 6) is -0.343. The van der Waals surface area contributed by atoms with Gasteiger partial charge in [0.25, 0.3) is 11.8 Å². The molecule has 26 heavy (non-hydrogen) atoms. The first-order valence-corrected chi connectivity index (χ1v) is 8.60. The lowest BCUT2D eigenvalue weighted by atomic mass is 10.3. The van der Waals surface area contributed by atoms with E-state index < -0.39 is 0 Å². The van der Waals surface area contributed by atoms with Gasteiger partial charge in [-0.1, -0.05) is 12.1 Å². The van der Waals surface area contributed by atoms with Crippen LogP contribution in [0.4, 0.5) is 0 Å². The van der Waals surface area contributed by atoms with Gasteiger partial charge in [-0.3, -0.25) is 19.0 Å². The highest BCUT2D eigenvalue weighted by atomic mass is 16.2. The summed E-state index contributed by atoms with van der Waals surface area (Å²) < 4.78 is 1.64. The van der Waals surface area contributed by atoms with Crippen LogP contribution in [0.25, 0.3) is 5.52 Å². The molecular formula is C19H21N5O2. The second kappa shape index (κ2) is 7.77. The Labute approximate surface area is 151 Å². The Balaban J connectivity index is 1.91. The number of amides is 2. The molecule has 0 radical (unpaired) electrons. The van der Waals surface area contributed by atoms with Crippen LogP contribution in [0.1, 0.15) is 40.6 Å². The lowest BCUT2D eigenvalue weighted by Gasteiger charge is -2.17. The molecular weight excluding hydrogens is 330 g/mol. The molecule has 3 aromatic rings. The maximum atomic E-state index is 12.7. The summed E-state index contributed by atoms with van der Waals surface area (Å²) in [6.45, 7) is 5.30. The van der Waals surface area contributed by atoms with Gasteiger partial charge < -0.3 is 10.2 Å². The fraction of sp³-hybridized carbons (Fsp3) is 0.263. The van der Waals surface area contributed by atoms with E-state index in [-0.39, 0.29) is 23.3 Å². The minimum Gasteiger partial charge on any atom is -0.344 e. The van der Waals surface area contributed by atoms with Crippen molar-refractivity contribution in [2.24, 2.45) is 0 Å². The van der Waals surface area contributed by atoms with Gasteiger partial charge in [0.1, 0.15) is 0 Å². The van der Waals surface area contributed by atoms with Gasteiger partial charge in [0.2, 0.25) is 5.82 Å². The third kappa shape index (κ3) is 3.42. The van der Waals surface area contributed by atoms with E-state index in [0.717, 1.165) is 5.69 Å². The van der Waals surface area contributed by atoms with Crippen LogP contribution >= 0.6 is 0 Å². The Bertz CT molecular complexity index is 916. The average molecular weight is 351 g/mol. The van der Waals surface area contributed by atoms with Crippen LogP contribution < -0.4 is 5.32 Å². The van der Waals surface area contributed by atoms with E-state index in [9.17, 15) is 9.59 Å². The normalized spacial score (nSPS) is 10.7. The molecule has 0 aromatic carbocycles. The van der Waals surface area contributed by atoms with Crippen molar-refractivity contribution in [1.29, 1.82) is 0 Å². The van der Waals surface area contributed by atoms with Gasteiger partial charge in [-0.05, 0) is 38.1 Å². The van der Waals surface area contributed by atoms with Crippen molar-refractivity contribution in [2.75, 3.05) is 13.1 Å². The molecule has 0 spiro atoms. The van der Waals surface area contributed by atoms with Gasteiger partial charge in [-0.15, -0.1) is 0 Å². The van der Waals surface area contributed by atoms with Crippen molar-refractivity contribution >= 4 is 17.3 Å². The molecule has 1 N–H and O–H groups in total. The molecule has 2 amide bonds. The molecule has 0 saturated carbocycles. The van der Waals surface area contributed by atoms with Crippen LogP contribution in [0.15, 0.2) is 48.8 Å². The molecule has 0 fully saturated rings. The summed E-state index contributed by atoms with van der Waals surface area (Å²) in [5, 5.41) is 2.81. The molecule has 0 saturated heterocycles. The van der Waals surface area contributed by atoms with Gasteiger partial charge in [0, 0.05) is 25.5 Å². The SMILES string of the molecule is CCN(CC)C(=O)c1nc(C(=O)NCc2ccccn2)n2ccccc12. The average Bonchev–Trinajstić information content (AvgIpc) is 3.07. The predicted octanol–water partition coefficient (Wildman–Crippen LogP) is 2.14. The van der Waals surface area contributed by atoms with Gasteiger partial charge in [0.15, 0.2) is 5.69 Å². The first-order valence-electron chi connectivity index (χ1n) is 8.60. The van der Waals surface area contributed by atoms with E-state index in [0.29, 0.717) is 25.2 Å². The summed E-state index contributed by atoms with van der Waals surface area (Å²) in [5.41, 5.74) is 1.66. The van der Waals surface area contributed by atoms with E-state index in [1.54, 1.807) is 33.8 Å². The molecule has 0 aliphatic rings. The number of nitrogens with one attached hydrogen (secondary N) is 1. The summed E-state index contributed by atoms with van der Waals surface area (Å²) in [6.07, 6.45) is 3.41. The fourth-order valence-electron chi connectivity index (χ4n) is 2.77. The highest BCUT2D eigenvalue weighted by Crippen LogP contribution is 2.15. The number of pyridine rings is 2. The van der Waals surface area contributed by atoms with Gasteiger partial charge in [-0.25, -0.2) is 4.98 Å². The quantitative estimate of drug-likeness (QED) is 0.738. The smallest absolute Gasteiger partial charge is 0.288 e.